The second-order valence-corrected chi connectivity index (χ2v) is 15.6. The molecule has 0 fully saturated rings. The van der Waals surface area contributed by atoms with Crippen LogP contribution in [-0.2, 0) is 0 Å². The van der Waals surface area contributed by atoms with E-state index in [4.69, 9.17) is 9.97 Å². The predicted octanol–water partition coefficient (Wildman–Crippen LogP) is 15.1. The van der Waals surface area contributed by atoms with Crippen LogP contribution in [0.3, 0.4) is 0 Å². The molecule has 0 aliphatic heterocycles. The van der Waals surface area contributed by atoms with Gasteiger partial charge >= 0.3 is 0 Å². The van der Waals surface area contributed by atoms with E-state index in [1.807, 2.05) is 60.7 Å². The molecule has 0 bridgehead atoms. The smallest absolute Gasteiger partial charge is 0.161 e. The maximum absolute atomic E-state index is 10.8. The van der Waals surface area contributed by atoms with Gasteiger partial charge in [-0.05, 0) is 69.8 Å². The average molecular weight is 803 g/mol. The summed E-state index contributed by atoms with van der Waals surface area (Å²) < 4.78 is 2.43. The Bertz CT molecular complexity index is 3310. The van der Waals surface area contributed by atoms with Gasteiger partial charge in [0.05, 0.1) is 28.1 Å². The maximum atomic E-state index is 10.8. The van der Waals surface area contributed by atoms with E-state index in [0.29, 0.717) is 22.8 Å². The molecule has 294 valence electrons. The molecule has 63 heavy (non-hydrogen) atoms. The van der Waals surface area contributed by atoms with E-state index in [9.17, 15) is 5.26 Å². The molecule has 0 spiro atoms. The third-order valence-electron chi connectivity index (χ3n) is 11.9. The van der Waals surface area contributed by atoms with Gasteiger partial charge in [-0.3, -0.25) is 0 Å². The Morgan fingerprint density at radius 2 is 0.730 bits per heavy atom. The highest BCUT2D eigenvalue weighted by molar-refractivity contribution is 6.13. The molecule has 4 nitrogen and oxygen atoms in total. The minimum Gasteiger partial charge on any atom is -0.309 e. The quantitative estimate of drug-likeness (QED) is 0.154. The molecule has 0 saturated heterocycles. The molecular weight excluding hydrogens is 765 g/mol. The molecule has 11 aromatic rings. The lowest BCUT2D eigenvalue weighted by atomic mass is 9.88. The molecular formula is C59H38N4. The fraction of sp³-hybridized carbons (Fsp3) is 0. The van der Waals surface area contributed by atoms with E-state index in [1.165, 1.54) is 21.9 Å². The van der Waals surface area contributed by atoms with Gasteiger partial charge < -0.3 is 4.57 Å². The van der Waals surface area contributed by atoms with Gasteiger partial charge in [0, 0.05) is 38.6 Å². The van der Waals surface area contributed by atoms with Crippen LogP contribution in [0, 0.1) is 11.3 Å². The van der Waals surface area contributed by atoms with Crippen LogP contribution in [0.5, 0.6) is 0 Å². The van der Waals surface area contributed by atoms with Gasteiger partial charge in [0.15, 0.2) is 5.82 Å². The van der Waals surface area contributed by atoms with Gasteiger partial charge in [-0.1, -0.05) is 194 Å². The minimum absolute atomic E-state index is 0.437. The molecule has 0 N–H and O–H groups in total. The predicted molar refractivity (Wildman–Crippen MR) is 259 cm³/mol. The van der Waals surface area contributed by atoms with Crippen LogP contribution in [0.4, 0.5) is 0 Å². The van der Waals surface area contributed by atoms with Crippen molar-refractivity contribution in [2.75, 3.05) is 0 Å². The SMILES string of the molecule is N#Cc1c(-c2ccccc2)nc(-c2ccc(-n3c4ccc(-c5ccccc5)cc4c4cc(-c5ccccc5)ccc43)c(-c3ccccc3)c2-c2ccccc2)nc1-c1ccccc1. The first kappa shape index (κ1) is 37.4. The zero-order valence-corrected chi connectivity index (χ0v) is 34.2. The fourth-order valence-corrected chi connectivity index (χ4v) is 8.97. The Morgan fingerprint density at radius 3 is 1.14 bits per heavy atom. The third kappa shape index (κ3) is 6.75. The molecule has 0 unspecified atom stereocenters. The summed E-state index contributed by atoms with van der Waals surface area (Å²) in [7, 11) is 0. The normalized spacial score (nSPS) is 11.2. The first-order valence-electron chi connectivity index (χ1n) is 21.1. The summed E-state index contributed by atoms with van der Waals surface area (Å²) in [4.78, 5) is 10.6. The van der Waals surface area contributed by atoms with Crippen molar-refractivity contribution in [3.8, 4) is 90.2 Å². The third-order valence-corrected chi connectivity index (χ3v) is 11.9. The van der Waals surface area contributed by atoms with Crippen LogP contribution < -0.4 is 0 Å². The topological polar surface area (TPSA) is 54.5 Å². The van der Waals surface area contributed by atoms with Crippen LogP contribution in [0.25, 0.3) is 106 Å². The van der Waals surface area contributed by atoms with Crippen molar-refractivity contribution in [1.29, 1.82) is 5.26 Å². The van der Waals surface area contributed by atoms with Crippen LogP contribution in [0.1, 0.15) is 5.56 Å². The van der Waals surface area contributed by atoms with E-state index in [1.54, 1.807) is 0 Å². The largest absolute Gasteiger partial charge is 0.309 e. The molecule has 0 saturated carbocycles. The standard InChI is InChI=1S/C59H38N4/c60-39-51-57(44-27-15-5-16-28-44)61-59(62-58(51)45-29-17-6-18-30-45)48-33-36-54(56(43-25-13-4-14-26-43)55(48)42-23-11-3-12-24-42)63-52-34-31-46(40-19-7-1-8-20-40)37-49(52)50-38-47(32-35-53(50)63)41-21-9-2-10-22-41/h1-38H. The summed E-state index contributed by atoms with van der Waals surface area (Å²) >= 11 is 0. The summed E-state index contributed by atoms with van der Waals surface area (Å²) in [5, 5.41) is 13.1. The maximum Gasteiger partial charge on any atom is 0.161 e. The van der Waals surface area contributed by atoms with E-state index >= 15 is 0 Å². The fourth-order valence-electron chi connectivity index (χ4n) is 8.97. The second-order valence-electron chi connectivity index (χ2n) is 15.6. The summed E-state index contributed by atoms with van der Waals surface area (Å²) in [6.45, 7) is 0. The summed E-state index contributed by atoms with van der Waals surface area (Å²) in [5.41, 5.74) is 16.2. The van der Waals surface area contributed by atoms with Crippen molar-refractivity contribution in [3.05, 3.63) is 236 Å². The lowest BCUT2D eigenvalue weighted by molar-refractivity contribution is 1.16. The number of nitriles is 1. The molecule has 0 aliphatic rings. The highest BCUT2D eigenvalue weighted by atomic mass is 15.0. The lowest BCUT2D eigenvalue weighted by Gasteiger charge is -2.22. The number of hydrogen-bond acceptors (Lipinski definition) is 3. The Labute approximate surface area is 366 Å². The van der Waals surface area contributed by atoms with Gasteiger partial charge in [0.1, 0.15) is 11.6 Å². The van der Waals surface area contributed by atoms with Crippen molar-refractivity contribution >= 4 is 21.8 Å². The zero-order valence-electron chi connectivity index (χ0n) is 34.2. The van der Waals surface area contributed by atoms with Crippen LogP contribution in [0.15, 0.2) is 231 Å². The zero-order chi connectivity index (χ0) is 42.1. The summed E-state index contributed by atoms with van der Waals surface area (Å²) in [6.07, 6.45) is 0. The van der Waals surface area contributed by atoms with Gasteiger partial charge in [0.25, 0.3) is 0 Å². The van der Waals surface area contributed by atoms with Crippen molar-refractivity contribution in [3.63, 3.8) is 0 Å². The van der Waals surface area contributed by atoms with E-state index in [2.05, 4.69) is 180 Å². The van der Waals surface area contributed by atoms with Crippen molar-refractivity contribution < 1.29 is 0 Å². The first-order valence-corrected chi connectivity index (χ1v) is 21.1. The van der Waals surface area contributed by atoms with Crippen molar-refractivity contribution in [1.82, 2.24) is 14.5 Å². The van der Waals surface area contributed by atoms with Crippen LogP contribution in [0.2, 0.25) is 0 Å². The highest BCUT2D eigenvalue weighted by Crippen LogP contribution is 2.47. The number of aromatic nitrogens is 3. The molecule has 4 heteroatoms. The molecule has 0 aliphatic carbocycles. The molecule has 11 rings (SSSR count). The first-order chi connectivity index (χ1) is 31.2. The molecule has 0 atom stereocenters. The molecule has 0 radical (unpaired) electrons. The Morgan fingerprint density at radius 1 is 0.349 bits per heavy atom. The van der Waals surface area contributed by atoms with Crippen molar-refractivity contribution in [2.45, 2.75) is 0 Å². The molecule has 2 aromatic heterocycles. The summed E-state index contributed by atoms with van der Waals surface area (Å²) in [6, 6.07) is 82.9. The van der Waals surface area contributed by atoms with Crippen LogP contribution >= 0.6 is 0 Å². The van der Waals surface area contributed by atoms with Gasteiger partial charge in [-0.15, -0.1) is 0 Å². The van der Waals surface area contributed by atoms with Gasteiger partial charge in [-0.25, -0.2) is 9.97 Å². The lowest BCUT2D eigenvalue weighted by Crippen LogP contribution is -2.05. The number of nitrogens with zero attached hydrogens (tertiary/aromatic N) is 4. The molecule has 0 amide bonds. The summed E-state index contributed by atoms with van der Waals surface area (Å²) in [5.74, 6) is 0.538. The number of hydrogen-bond donors (Lipinski definition) is 0. The number of fused-ring (bicyclic) bond motifs is 3. The van der Waals surface area contributed by atoms with Gasteiger partial charge in [-0.2, -0.15) is 5.26 Å². The van der Waals surface area contributed by atoms with Crippen molar-refractivity contribution in [2.24, 2.45) is 0 Å². The number of benzene rings is 9. The van der Waals surface area contributed by atoms with E-state index in [0.717, 1.165) is 66.8 Å². The number of rotatable bonds is 8. The average Bonchev–Trinajstić information content (AvgIpc) is 3.70. The Hall–Kier alpha value is -8.65. The Kier molecular flexibility index (Phi) is 9.54. The second kappa shape index (κ2) is 16.1. The highest BCUT2D eigenvalue weighted by Gasteiger charge is 2.26. The van der Waals surface area contributed by atoms with E-state index in [-0.39, 0.29) is 0 Å². The van der Waals surface area contributed by atoms with Gasteiger partial charge in [0.2, 0.25) is 0 Å². The molecule has 9 aromatic carbocycles. The van der Waals surface area contributed by atoms with E-state index < -0.39 is 0 Å². The molecule has 2 heterocycles. The Balaban J connectivity index is 1.25. The monoisotopic (exact) mass is 802 g/mol. The minimum atomic E-state index is 0.437. The van der Waals surface area contributed by atoms with Crippen LogP contribution in [-0.4, -0.2) is 14.5 Å².